The van der Waals surface area contributed by atoms with Crippen molar-refractivity contribution in [2.75, 3.05) is 6.61 Å². The van der Waals surface area contributed by atoms with Crippen LogP contribution in [-0.4, -0.2) is 11.7 Å². The zero-order valence-corrected chi connectivity index (χ0v) is 9.59. The highest BCUT2D eigenvalue weighted by Gasteiger charge is 2.17. The van der Waals surface area contributed by atoms with Crippen LogP contribution in [0.4, 0.5) is 8.78 Å². The van der Waals surface area contributed by atoms with E-state index in [2.05, 4.69) is 0 Å². The van der Waals surface area contributed by atoms with Crippen molar-refractivity contribution in [3.63, 3.8) is 0 Å². The number of hydrogen-bond acceptors (Lipinski definition) is 2. The maximum atomic E-state index is 13.4. The second-order valence-corrected chi connectivity index (χ2v) is 4.53. The highest BCUT2D eigenvalue weighted by Crippen LogP contribution is 2.28. The molecule has 0 atom stereocenters. The van der Waals surface area contributed by atoms with E-state index < -0.39 is 17.4 Å². The average molecular weight is 242 g/mol. The molecule has 4 heteroatoms. The molecule has 1 aliphatic rings. The molecule has 1 N–H and O–H groups in total. The first-order valence-corrected chi connectivity index (χ1v) is 5.98. The van der Waals surface area contributed by atoms with Gasteiger partial charge in [0.1, 0.15) is 0 Å². The second-order valence-electron chi connectivity index (χ2n) is 4.53. The summed E-state index contributed by atoms with van der Waals surface area (Å²) in [6, 6.07) is 2.37. The maximum Gasteiger partial charge on any atom is 0.204 e. The van der Waals surface area contributed by atoms with Gasteiger partial charge in [-0.1, -0.05) is 19.3 Å². The number of phenolic OH excluding ortho intramolecular Hbond substituents is 1. The van der Waals surface area contributed by atoms with E-state index in [0.29, 0.717) is 12.5 Å². The molecule has 0 bridgehead atoms. The molecule has 0 heterocycles. The van der Waals surface area contributed by atoms with Crippen LogP contribution in [0.5, 0.6) is 11.5 Å². The van der Waals surface area contributed by atoms with Gasteiger partial charge in [0.2, 0.25) is 11.6 Å². The van der Waals surface area contributed by atoms with E-state index in [4.69, 9.17) is 9.84 Å². The lowest BCUT2D eigenvalue weighted by molar-refractivity contribution is 0.200. The zero-order valence-electron chi connectivity index (χ0n) is 9.59. The standard InChI is InChI=1S/C13H16F2O2/c14-12-10(16)6-7-11(13(12)15)17-8-9-4-2-1-3-5-9/h6-7,9,16H,1-5,8H2. The molecule has 1 fully saturated rings. The van der Waals surface area contributed by atoms with Gasteiger partial charge in [0.15, 0.2) is 11.5 Å². The first kappa shape index (κ1) is 12.1. The predicted molar refractivity (Wildman–Crippen MR) is 60.1 cm³/mol. The van der Waals surface area contributed by atoms with Crippen molar-refractivity contribution >= 4 is 0 Å². The molecular formula is C13H16F2O2. The Bertz CT molecular complexity index is 387. The fourth-order valence-corrected chi connectivity index (χ4v) is 2.19. The minimum absolute atomic E-state index is 0.120. The van der Waals surface area contributed by atoms with Crippen LogP contribution < -0.4 is 4.74 Å². The van der Waals surface area contributed by atoms with Crippen LogP contribution in [0, 0.1) is 17.6 Å². The smallest absolute Gasteiger partial charge is 0.204 e. The van der Waals surface area contributed by atoms with Gasteiger partial charge in [-0.3, -0.25) is 0 Å². The number of ether oxygens (including phenoxy) is 1. The van der Waals surface area contributed by atoms with E-state index in [0.717, 1.165) is 18.9 Å². The Hall–Kier alpha value is -1.32. The molecule has 2 nitrogen and oxygen atoms in total. The predicted octanol–water partition coefficient (Wildman–Crippen LogP) is 3.63. The molecule has 1 aromatic carbocycles. The normalized spacial score (nSPS) is 17.1. The summed E-state index contributed by atoms with van der Waals surface area (Å²) in [5.74, 6) is -2.73. The van der Waals surface area contributed by atoms with Crippen LogP contribution >= 0.6 is 0 Å². The lowest BCUT2D eigenvalue weighted by atomic mass is 9.90. The summed E-state index contributed by atoms with van der Waals surface area (Å²) in [5.41, 5.74) is 0. The number of halogens is 2. The molecule has 0 amide bonds. The van der Waals surface area contributed by atoms with Crippen LogP contribution in [0.1, 0.15) is 32.1 Å². The molecule has 0 unspecified atom stereocenters. The Morgan fingerprint density at radius 1 is 1.12 bits per heavy atom. The van der Waals surface area contributed by atoms with Crippen molar-refractivity contribution in [1.82, 2.24) is 0 Å². The molecule has 94 valence electrons. The Morgan fingerprint density at radius 2 is 1.82 bits per heavy atom. The largest absolute Gasteiger partial charge is 0.505 e. The van der Waals surface area contributed by atoms with Gasteiger partial charge in [-0.25, -0.2) is 0 Å². The molecule has 17 heavy (non-hydrogen) atoms. The lowest BCUT2D eigenvalue weighted by Gasteiger charge is -2.21. The van der Waals surface area contributed by atoms with Crippen molar-refractivity contribution in [2.45, 2.75) is 32.1 Å². The minimum atomic E-state index is -1.24. The number of benzene rings is 1. The summed E-state index contributed by atoms with van der Waals surface area (Å²) in [6.07, 6.45) is 5.78. The molecule has 1 saturated carbocycles. The summed E-state index contributed by atoms with van der Waals surface area (Å²) >= 11 is 0. The van der Waals surface area contributed by atoms with Gasteiger partial charge >= 0.3 is 0 Å². The Balaban J connectivity index is 1.96. The molecular weight excluding hydrogens is 226 g/mol. The second kappa shape index (κ2) is 5.34. The fraction of sp³-hybridized carbons (Fsp3) is 0.538. The summed E-state index contributed by atoms with van der Waals surface area (Å²) in [4.78, 5) is 0. The van der Waals surface area contributed by atoms with Crippen LogP contribution in [0.3, 0.4) is 0 Å². The van der Waals surface area contributed by atoms with Gasteiger partial charge in [0, 0.05) is 0 Å². The third-order valence-corrected chi connectivity index (χ3v) is 3.23. The van der Waals surface area contributed by atoms with Crippen molar-refractivity contribution in [2.24, 2.45) is 5.92 Å². The molecule has 0 aromatic heterocycles. The number of rotatable bonds is 3. The van der Waals surface area contributed by atoms with Crippen molar-refractivity contribution in [1.29, 1.82) is 0 Å². The molecule has 1 aromatic rings. The SMILES string of the molecule is Oc1ccc(OCC2CCCCC2)c(F)c1F. The molecule has 0 saturated heterocycles. The Kier molecular flexibility index (Phi) is 3.82. The summed E-state index contributed by atoms with van der Waals surface area (Å²) in [5, 5.41) is 8.97. The van der Waals surface area contributed by atoms with Crippen molar-refractivity contribution in [3.05, 3.63) is 23.8 Å². The lowest BCUT2D eigenvalue weighted by Crippen LogP contribution is -2.15. The van der Waals surface area contributed by atoms with E-state index in [-0.39, 0.29) is 5.75 Å². The van der Waals surface area contributed by atoms with Gasteiger partial charge in [-0.15, -0.1) is 0 Å². The molecule has 0 radical (unpaired) electrons. The van der Waals surface area contributed by atoms with E-state index >= 15 is 0 Å². The van der Waals surface area contributed by atoms with Gasteiger partial charge in [0.25, 0.3) is 0 Å². The topological polar surface area (TPSA) is 29.5 Å². The number of hydrogen-bond donors (Lipinski definition) is 1. The molecule has 0 spiro atoms. The molecule has 0 aliphatic heterocycles. The van der Waals surface area contributed by atoms with Gasteiger partial charge in [-0.2, -0.15) is 8.78 Å². The van der Waals surface area contributed by atoms with Crippen LogP contribution in [0.15, 0.2) is 12.1 Å². The zero-order chi connectivity index (χ0) is 12.3. The van der Waals surface area contributed by atoms with Gasteiger partial charge < -0.3 is 9.84 Å². The van der Waals surface area contributed by atoms with Crippen molar-refractivity contribution in [3.8, 4) is 11.5 Å². The summed E-state index contributed by atoms with van der Waals surface area (Å²) in [7, 11) is 0. The van der Waals surface area contributed by atoms with Crippen molar-refractivity contribution < 1.29 is 18.6 Å². The molecule has 2 rings (SSSR count). The number of phenols is 1. The average Bonchev–Trinajstić information content (AvgIpc) is 2.36. The summed E-state index contributed by atoms with van der Waals surface area (Å²) in [6.45, 7) is 0.418. The van der Waals surface area contributed by atoms with Crippen LogP contribution in [0.25, 0.3) is 0 Å². The number of aromatic hydroxyl groups is 1. The first-order chi connectivity index (χ1) is 8.18. The van der Waals surface area contributed by atoms with E-state index in [1.165, 1.54) is 25.3 Å². The summed E-state index contributed by atoms with van der Waals surface area (Å²) < 4.78 is 31.7. The first-order valence-electron chi connectivity index (χ1n) is 5.98. The van der Waals surface area contributed by atoms with E-state index in [9.17, 15) is 8.78 Å². The third-order valence-electron chi connectivity index (χ3n) is 3.23. The third kappa shape index (κ3) is 2.87. The monoisotopic (exact) mass is 242 g/mol. The Morgan fingerprint density at radius 3 is 2.53 bits per heavy atom. The Labute approximate surface area is 99.2 Å². The quantitative estimate of drug-likeness (QED) is 0.877. The molecule has 1 aliphatic carbocycles. The maximum absolute atomic E-state index is 13.4. The van der Waals surface area contributed by atoms with Gasteiger partial charge in [0.05, 0.1) is 6.61 Å². The van der Waals surface area contributed by atoms with Crippen LogP contribution in [-0.2, 0) is 0 Å². The van der Waals surface area contributed by atoms with Gasteiger partial charge in [-0.05, 0) is 30.9 Å². The highest BCUT2D eigenvalue weighted by molar-refractivity contribution is 5.33. The minimum Gasteiger partial charge on any atom is -0.505 e. The van der Waals surface area contributed by atoms with E-state index in [1.54, 1.807) is 0 Å². The highest BCUT2D eigenvalue weighted by atomic mass is 19.2. The van der Waals surface area contributed by atoms with Crippen LogP contribution in [0.2, 0.25) is 0 Å². The van der Waals surface area contributed by atoms with E-state index in [1.807, 2.05) is 0 Å². The fourth-order valence-electron chi connectivity index (χ4n) is 2.19.